The van der Waals surface area contributed by atoms with Crippen LogP contribution in [0.4, 0.5) is 0 Å². The Bertz CT molecular complexity index is 700. The van der Waals surface area contributed by atoms with E-state index in [-0.39, 0.29) is 0 Å². The molecule has 1 aromatic carbocycles. The molecule has 134 valence electrons. The van der Waals surface area contributed by atoms with Crippen LogP contribution in [0.5, 0.6) is 5.75 Å². The van der Waals surface area contributed by atoms with Crippen LogP contribution >= 0.6 is 0 Å². The molecule has 0 spiro atoms. The topological polar surface area (TPSA) is 18.5 Å². The normalized spacial score (nSPS) is 30.9. The van der Waals surface area contributed by atoms with Crippen molar-refractivity contribution < 1.29 is 9.47 Å². The van der Waals surface area contributed by atoms with Gasteiger partial charge >= 0.3 is 0 Å². The third-order valence-electron chi connectivity index (χ3n) is 6.77. The summed E-state index contributed by atoms with van der Waals surface area (Å²) >= 11 is 0. The van der Waals surface area contributed by atoms with Gasteiger partial charge in [-0.25, -0.2) is 0 Å². The van der Waals surface area contributed by atoms with E-state index >= 15 is 0 Å². The lowest BCUT2D eigenvalue weighted by Gasteiger charge is -2.45. The van der Waals surface area contributed by atoms with E-state index in [0.717, 1.165) is 35.7 Å². The Kier molecular flexibility index (Phi) is 4.62. The fourth-order valence-electron chi connectivity index (χ4n) is 5.52. The van der Waals surface area contributed by atoms with Gasteiger partial charge in [0.1, 0.15) is 11.5 Å². The zero-order chi connectivity index (χ0) is 17.4. The summed E-state index contributed by atoms with van der Waals surface area (Å²) in [6.07, 6.45) is 14.7. The second-order valence-corrected chi connectivity index (χ2v) is 8.01. The number of hydrogen-bond donors (Lipinski definition) is 0. The smallest absolute Gasteiger partial charge is 0.122 e. The van der Waals surface area contributed by atoms with Crippen LogP contribution in [0.2, 0.25) is 0 Å². The van der Waals surface area contributed by atoms with E-state index in [1.54, 1.807) is 25.3 Å². The Morgan fingerprint density at radius 3 is 2.56 bits per heavy atom. The highest BCUT2D eigenvalue weighted by Gasteiger charge is 2.41. The summed E-state index contributed by atoms with van der Waals surface area (Å²) in [6, 6.07) is 4.75. The van der Waals surface area contributed by atoms with Gasteiger partial charge in [-0.1, -0.05) is 25.0 Å². The van der Waals surface area contributed by atoms with Crippen molar-refractivity contribution in [3.05, 3.63) is 52.8 Å². The molecule has 0 radical (unpaired) electrons. The average Bonchev–Trinajstić information content (AvgIpc) is 2.67. The molecule has 1 saturated carbocycles. The van der Waals surface area contributed by atoms with Gasteiger partial charge < -0.3 is 9.47 Å². The maximum Gasteiger partial charge on any atom is 0.122 e. The molecule has 4 atom stereocenters. The van der Waals surface area contributed by atoms with E-state index in [2.05, 4.69) is 37.3 Å². The molecule has 1 fully saturated rings. The van der Waals surface area contributed by atoms with E-state index in [4.69, 9.17) is 9.47 Å². The first kappa shape index (κ1) is 16.8. The Labute approximate surface area is 151 Å². The lowest BCUT2D eigenvalue weighted by molar-refractivity contribution is 0.155. The summed E-state index contributed by atoms with van der Waals surface area (Å²) in [5, 5.41) is 0. The van der Waals surface area contributed by atoms with E-state index < -0.39 is 0 Å². The van der Waals surface area contributed by atoms with Gasteiger partial charge in [-0.3, -0.25) is 0 Å². The fraction of sp³-hybridized carbons (Fsp3) is 0.565. The summed E-state index contributed by atoms with van der Waals surface area (Å²) in [5.41, 5.74) is 4.42. The Hall–Kier alpha value is -1.70. The van der Waals surface area contributed by atoms with Gasteiger partial charge in [0.15, 0.2) is 0 Å². The Balaban J connectivity index is 1.68. The summed E-state index contributed by atoms with van der Waals surface area (Å²) in [6.45, 7) is 2.18. The van der Waals surface area contributed by atoms with E-state index in [9.17, 15) is 0 Å². The molecule has 0 saturated heterocycles. The third kappa shape index (κ3) is 3.01. The number of ether oxygens (including phenoxy) is 2. The minimum atomic E-state index is 0.653. The van der Waals surface area contributed by atoms with Crippen LogP contribution in [-0.4, -0.2) is 14.2 Å². The fourth-order valence-corrected chi connectivity index (χ4v) is 5.52. The van der Waals surface area contributed by atoms with Crippen molar-refractivity contribution in [2.24, 2.45) is 17.8 Å². The Morgan fingerprint density at radius 1 is 1.00 bits per heavy atom. The zero-order valence-electron chi connectivity index (χ0n) is 15.8. The van der Waals surface area contributed by atoms with E-state index in [1.165, 1.54) is 37.7 Å². The molecule has 0 amide bonds. The van der Waals surface area contributed by atoms with Gasteiger partial charge in [0.2, 0.25) is 0 Å². The molecule has 25 heavy (non-hydrogen) atoms. The molecule has 0 aliphatic heterocycles. The van der Waals surface area contributed by atoms with Crippen molar-refractivity contribution >= 4 is 0 Å². The Morgan fingerprint density at radius 2 is 1.84 bits per heavy atom. The number of benzene rings is 1. The van der Waals surface area contributed by atoms with Crippen LogP contribution in [0.25, 0.3) is 0 Å². The van der Waals surface area contributed by atoms with Crippen molar-refractivity contribution in [1.82, 2.24) is 0 Å². The molecule has 0 N–H and O–H groups in total. The maximum atomic E-state index is 5.63. The second kappa shape index (κ2) is 6.90. The SMILES string of the molecule is COC1=CCC([C@@H]2Cc3cc(C)c(OC)cc3[C@@H]3CCCC[C@@H]32)C=C1. The first-order valence-electron chi connectivity index (χ1n) is 9.81. The maximum absolute atomic E-state index is 5.63. The largest absolute Gasteiger partial charge is 0.497 e. The lowest BCUT2D eigenvalue weighted by Crippen LogP contribution is -2.36. The van der Waals surface area contributed by atoms with Crippen LogP contribution in [0.1, 0.15) is 54.7 Å². The van der Waals surface area contributed by atoms with Crippen LogP contribution in [-0.2, 0) is 11.2 Å². The number of allylic oxidation sites excluding steroid dienone is 3. The van der Waals surface area contributed by atoms with Crippen LogP contribution < -0.4 is 4.74 Å². The zero-order valence-corrected chi connectivity index (χ0v) is 15.8. The first-order chi connectivity index (χ1) is 12.2. The molecule has 4 rings (SSSR count). The first-order valence-corrected chi connectivity index (χ1v) is 9.81. The number of rotatable bonds is 3. The van der Waals surface area contributed by atoms with Gasteiger partial charge in [0, 0.05) is 0 Å². The summed E-state index contributed by atoms with van der Waals surface area (Å²) in [5.74, 6) is 5.04. The van der Waals surface area contributed by atoms with Gasteiger partial charge in [-0.15, -0.1) is 0 Å². The summed E-state index contributed by atoms with van der Waals surface area (Å²) in [7, 11) is 3.56. The molecule has 1 aromatic rings. The summed E-state index contributed by atoms with van der Waals surface area (Å²) in [4.78, 5) is 0. The standard InChI is InChI=1S/C23H30O2/c1-15-12-17-13-21(16-8-10-18(24-2)11-9-16)19-6-4-5-7-20(19)22(17)14-23(15)25-3/h8,10-12,14,16,19-21H,4-7,9,13H2,1-3H3/t16?,19-,20+,21-/m0/s1. The van der Waals surface area contributed by atoms with Gasteiger partial charge in [-0.05, 0) is 91.2 Å². The predicted molar refractivity (Wildman–Crippen MR) is 102 cm³/mol. The molecule has 1 unspecified atom stereocenters. The minimum absolute atomic E-state index is 0.653. The highest BCUT2D eigenvalue weighted by molar-refractivity contribution is 5.46. The van der Waals surface area contributed by atoms with Crippen molar-refractivity contribution in [2.45, 2.75) is 51.4 Å². The molecular weight excluding hydrogens is 308 g/mol. The lowest BCUT2D eigenvalue weighted by atomic mass is 9.59. The van der Waals surface area contributed by atoms with Crippen molar-refractivity contribution in [1.29, 1.82) is 0 Å². The minimum Gasteiger partial charge on any atom is -0.497 e. The molecule has 3 aliphatic rings. The van der Waals surface area contributed by atoms with Crippen molar-refractivity contribution in [3.63, 3.8) is 0 Å². The average molecular weight is 338 g/mol. The third-order valence-corrected chi connectivity index (χ3v) is 6.77. The van der Waals surface area contributed by atoms with Gasteiger partial charge in [0.25, 0.3) is 0 Å². The molecule has 0 bridgehead atoms. The van der Waals surface area contributed by atoms with Crippen LogP contribution in [0.15, 0.2) is 36.1 Å². The van der Waals surface area contributed by atoms with Crippen LogP contribution in [0, 0.1) is 24.7 Å². The number of hydrogen-bond acceptors (Lipinski definition) is 2. The van der Waals surface area contributed by atoms with Crippen molar-refractivity contribution in [2.75, 3.05) is 14.2 Å². The molecule has 2 nitrogen and oxygen atoms in total. The van der Waals surface area contributed by atoms with E-state index in [0.29, 0.717) is 5.92 Å². The van der Waals surface area contributed by atoms with Crippen LogP contribution in [0.3, 0.4) is 0 Å². The summed E-state index contributed by atoms with van der Waals surface area (Å²) < 4.78 is 11.0. The second-order valence-electron chi connectivity index (χ2n) is 8.01. The van der Waals surface area contributed by atoms with E-state index in [1.807, 2.05) is 0 Å². The number of fused-ring (bicyclic) bond motifs is 3. The molecule has 0 heterocycles. The van der Waals surface area contributed by atoms with Gasteiger partial charge in [-0.2, -0.15) is 0 Å². The number of methoxy groups -OCH3 is 2. The molecular formula is C23H30O2. The molecule has 2 heteroatoms. The highest BCUT2D eigenvalue weighted by atomic mass is 16.5. The quantitative estimate of drug-likeness (QED) is 0.719. The molecule has 3 aliphatic carbocycles. The highest BCUT2D eigenvalue weighted by Crippen LogP contribution is 2.52. The molecule has 0 aromatic heterocycles. The van der Waals surface area contributed by atoms with Gasteiger partial charge in [0.05, 0.1) is 14.2 Å². The van der Waals surface area contributed by atoms with Crippen molar-refractivity contribution in [3.8, 4) is 5.75 Å². The monoisotopic (exact) mass is 338 g/mol. The predicted octanol–water partition coefficient (Wildman–Crippen LogP) is 5.56. The number of aryl methyl sites for hydroxylation is 1.